The van der Waals surface area contributed by atoms with Crippen molar-refractivity contribution < 1.29 is 14.7 Å². The Kier molecular flexibility index (Phi) is 5.11. The normalized spacial score (nSPS) is 11.4. The van der Waals surface area contributed by atoms with Crippen LogP contribution in [0.25, 0.3) is 0 Å². The summed E-state index contributed by atoms with van der Waals surface area (Å²) in [7, 11) is 0. The summed E-state index contributed by atoms with van der Waals surface area (Å²) in [5.41, 5.74) is 2.43. The number of carbonyl (C=O) groups excluding carboxylic acids is 2. The van der Waals surface area contributed by atoms with Crippen LogP contribution in [0.5, 0.6) is 5.75 Å². The van der Waals surface area contributed by atoms with E-state index >= 15 is 0 Å². The monoisotopic (exact) mass is 341 g/mol. The van der Waals surface area contributed by atoms with Gasteiger partial charge in [0.25, 0.3) is 11.8 Å². The first kappa shape index (κ1) is 17.0. The van der Waals surface area contributed by atoms with Gasteiger partial charge in [-0.2, -0.15) is 0 Å². The number of hydrogen-bond acceptors (Lipinski definition) is 3. The maximum atomic E-state index is 11.5. The number of hydrogen-bond donors (Lipinski definition) is 2. The fourth-order valence-corrected chi connectivity index (χ4v) is 2.34. The van der Waals surface area contributed by atoms with Crippen molar-refractivity contribution in [2.75, 3.05) is 0 Å². The SMILES string of the molecule is O=C1NC(=O)c2cc(C#Cc3ccccc3)ccc21.Oc1ccccc1. The molecule has 0 spiro atoms. The zero-order valence-corrected chi connectivity index (χ0v) is 13.8. The summed E-state index contributed by atoms with van der Waals surface area (Å²) in [4.78, 5) is 22.9. The van der Waals surface area contributed by atoms with Crippen LogP contribution in [0.1, 0.15) is 31.8 Å². The lowest BCUT2D eigenvalue weighted by Crippen LogP contribution is -2.19. The van der Waals surface area contributed by atoms with E-state index in [1.807, 2.05) is 36.4 Å². The van der Waals surface area contributed by atoms with Crippen molar-refractivity contribution >= 4 is 11.8 Å². The van der Waals surface area contributed by atoms with Crippen molar-refractivity contribution in [1.29, 1.82) is 0 Å². The average Bonchev–Trinajstić information content (AvgIpc) is 2.96. The van der Waals surface area contributed by atoms with E-state index in [0.717, 1.165) is 5.56 Å². The standard InChI is InChI=1S/C16H9NO2.C6H6O/c18-15-13-9-8-12(10-14(13)16(19)17-15)7-6-11-4-2-1-3-5-11;7-6-4-2-1-3-5-6/h1-5,8-10H,(H,17,18,19);1-5,7H. The van der Waals surface area contributed by atoms with Gasteiger partial charge in [-0.3, -0.25) is 14.9 Å². The van der Waals surface area contributed by atoms with Crippen molar-refractivity contribution in [3.05, 3.63) is 101 Å². The number of carbonyl (C=O) groups is 2. The van der Waals surface area contributed by atoms with Gasteiger partial charge in [0, 0.05) is 11.1 Å². The summed E-state index contributed by atoms with van der Waals surface area (Å²) in [5.74, 6) is 5.62. The third-order valence-corrected chi connectivity index (χ3v) is 3.62. The number of para-hydroxylation sites is 1. The number of fused-ring (bicyclic) bond motifs is 1. The van der Waals surface area contributed by atoms with Crippen LogP contribution in [0.2, 0.25) is 0 Å². The molecule has 26 heavy (non-hydrogen) atoms. The molecule has 2 amide bonds. The number of benzene rings is 3. The Balaban J connectivity index is 0.000000236. The van der Waals surface area contributed by atoms with Crippen LogP contribution < -0.4 is 5.32 Å². The maximum absolute atomic E-state index is 11.5. The van der Waals surface area contributed by atoms with Crippen LogP contribution in [-0.4, -0.2) is 16.9 Å². The molecule has 0 aromatic heterocycles. The maximum Gasteiger partial charge on any atom is 0.258 e. The quantitative estimate of drug-likeness (QED) is 0.487. The second-order valence-electron chi connectivity index (χ2n) is 5.50. The molecule has 4 rings (SSSR count). The summed E-state index contributed by atoms with van der Waals surface area (Å²) in [5, 5.41) is 10.9. The lowest BCUT2D eigenvalue weighted by Gasteiger charge is -1.95. The Morgan fingerprint density at radius 2 is 1.23 bits per heavy atom. The van der Waals surface area contributed by atoms with E-state index in [1.165, 1.54) is 0 Å². The molecule has 3 aromatic rings. The van der Waals surface area contributed by atoms with Gasteiger partial charge < -0.3 is 5.11 Å². The van der Waals surface area contributed by atoms with E-state index < -0.39 is 0 Å². The number of amides is 2. The van der Waals surface area contributed by atoms with E-state index in [-0.39, 0.29) is 11.8 Å². The van der Waals surface area contributed by atoms with Crippen molar-refractivity contribution in [3.8, 4) is 17.6 Å². The molecule has 1 aliphatic heterocycles. The third kappa shape index (κ3) is 4.16. The molecular formula is C22H15NO3. The van der Waals surface area contributed by atoms with Crippen LogP contribution in [0, 0.1) is 11.8 Å². The van der Waals surface area contributed by atoms with Crippen LogP contribution in [-0.2, 0) is 0 Å². The number of rotatable bonds is 0. The lowest BCUT2D eigenvalue weighted by atomic mass is 10.1. The zero-order valence-electron chi connectivity index (χ0n) is 13.8. The van der Waals surface area contributed by atoms with Crippen LogP contribution in [0.4, 0.5) is 0 Å². The first-order valence-electron chi connectivity index (χ1n) is 7.94. The molecule has 1 heterocycles. The predicted molar refractivity (Wildman–Crippen MR) is 98.8 cm³/mol. The molecule has 2 N–H and O–H groups in total. The van der Waals surface area contributed by atoms with Gasteiger partial charge >= 0.3 is 0 Å². The second-order valence-corrected chi connectivity index (χ2v) is 5.50. The Hall–Kier alpha value is -3.84. The highest BCUT2D eigenvalue weighted by Crippen LogP contribution is 2.16. The highest BCUT2D eigenvalue weighted by molar-refractivity contribution is 6.21. The molecule has 0 saturated carbocycles. The minimum atomic E-state index is -0.358. The van der Waals surface area contributed by atoms with Crippen molar-refractivity contribution in [3.63, 3.8) is 0 Å². The smallest absolute Gasteiger partial charge is 0.258 e. The van der Waals surface area contributed by atoms with Gasteiger partial charge in [0.1, 0.15) is 5.75 Å². The molecule has 0 atom stereocenters. The van der Waals surface area contributed by atoms with E-state index in [4.69, 9.17) is 5.11 Å². The van der Waals surface area contributed by atoms with Gasteiger partial charge in [-0.15, -0.1) is 0 Å². The van der Waals surface area contributed by atoms with Crippen molar-refractivity contribution in [1.82, 2.24) is 5.32 Å². The van der Waals surface area contributed by atoms with Gasteiger partial charge in [-0.25, -0.2) is 0 Å². The van der Waals surface area contributed by atoms with E-state index in [9.17, 15) is 9.59 Å². The van der Waals surface area contributed by atoms with Gasteiger partial charge in [-0.1, -0.05) is 48.2 Å². The number of aromatic hydroxyl groups is 1. The van der Waals surface area contributed by atoms with Crippen molar-refractivity contribution in [2.24, 2.45) is 0 Å². The first-order chi connectivity index (χ1) is 12.6. The lowest BCUT2D eigenvalue weighted by molar-refractivity contribution is 0.0879. The molecular weight excluding hydrogens is 326 g/mol. The Bertz CT molecular complexity index is 1000. The molecule has 1 aliphatic rings. The molecule has 0 radical (unpaired) electrons. The molecule has 0 saturated heterocycles. The minimum Gasteiger partial charge on any atom is -0.508 e. The molecule has 0 bridgehead atoms. The average molecular weight is 341 g/mol. The molecule has 4 nitrogen and oxygen atoms in total. The first-order valence-corrected chi connectivity index (χ1v) is 7.94. The van der Waals surface area contributed by atoms with Gasteiger partial charge in [-0.05, 0) is 42.5 Å². The van der Waals surface area contributed by atoms with Crippen molar-refractivity contribution in [2.45, 2.75) is 0 Å². The summed E-state index contributed by atoms with van der Waals surface area (Å²) in [6.45, 7) is 0. The fraction of sp³-hybridized carbons (Fsp3) is 0. The number of imide groups is 1. The Labute approximate surface area is 151 Å². The van der Waals surface area contributed by atoms with Crippen LogP contribution in [0.15, 0.2) is 78.9 Å². The van der Waals surface area contributed by atoms with Gasteiger partial charge in [0.15, 0.2) is 0 Å². The molecule has 4 heteroatoms. The minimum absolute atomic E-state index is 0.322. The molecule has 126 valence electrons. The Morgan fingerprint density at radius 3 is 1.85 bits per heavy atom. The summed E-state index contributed by atoms with van der Waals surface area (Å²) in [6.07, 6.45) is 0. The van der Waals surface area contributed by atoms with E-state index in [2.05, 4.69) is 17.2 Å². The Morgan fingerprint density at radius 1 is 0.654 bits per heavy atom. The molecule has 0 aliphatic carbocycles. The number of phenols is 1. The predicted octanol–water partition coefficient (Wildman–Crippen LogP) is 3.36. The summed E-state index contributed by atoms with van der Waals surface area (Å²) in [6, 6.07) is 23.3. The molecule has 0 fully saturated rings. The number of nitrogens with one attached hydrogen (secondary N) is 1. The van der Waals surface area contributed by atoms with Crippen LogP contribution in [0.3, 0.4) is 0 Å². The van der Waals surface area contributed by atoms with E-state index in [0.29, 0.717) is 22.4 Å². The fourth-order valence-electron chi connectivity index (χ4n) is 2.34. The van der Waals surface area contributed by atoms with E-state index in [1.54, 1.807) is 42.5 Å². The van der Waals surface area contributed by atoms with Gasteiger partial charge in [0.2, 0.25) is 0 Å². The highest BCUT2D eigenvalue weighted by atomic mass is 16.3. The third-order valence-electron chi connectivity index (χ3n) is 3.62. The zero-order chi connectivity index (χ0) is 18.4. The van der Waals surface area contributed by atoms with Gasteiger partial charge in [0.05, 0.1) is 11.1 Å². The van der Waals surface area contributed by atoms with Crippen LogP contribution >= 0.6 is 0 Å². The summed E-state index contributed by atoms with van der Waals surface area (Å²) >= 11 is 0. The second kappa shape index (κ2) is 7.82. The topological polar surface area (TPSA) is 66.4 Å². The summed E-state index contributed by atoms with van der Waals surface area (Å²) < 4.78 is 0. The highest BCUT2D eigenvalue weighted by Gasteiger charge is 2.26. The number of phenolic OH excluding ortho intramolecular Hbond substituents is 1. The molecule has 3 aromatic carbocycles. The largest absolute Gasteiger partial charge is 0.508 e. The molecule has 0 unspecified atom stereocenters.